The van der Waals surface area contributed by atoms with Gasteiger partial charge in [0.25, 0.3) is 5.91 Å². The molecule has 0 fully saturated rings. The van der Waals surface area contributed by atoms with E-state index in [2.05, 4.69) is 15.0 Å². The summed E-state index contributed by atoms with van der Waals surface area (Å²) in [6.45, 7) is 1.58. The Labute approximate surface area is 200 Å². The number of amidine groups is 1. The van der Waals surface area contributed by atoms with E-state index in [1.807, 2.05) is 13.8 Å². The lowest BCUT2D eigenvalue weighted by Gasteiger charge is -2.18. The summed E-state index contributed by atoms with van der Waals surface area (Å²) in [5.41, 5.74) is 1.34. The lowest BCUT2D eigenvalue weighted by Crippen LogP contribution is -2.33. The number of thioether (sulfide) groups is 1. The number of hydrogen-bond donors (Lipinski definition) is 1. The average molecular weight is 490 g/mol. The molecular weight excluding hydrogens is 464 g/mol. The van der Waals surface area contributed by atoms with Crippen LogP contribution in [0.1, 0.15) is 19.4 Å². The largest absolute Gasteiger partial charge is 0.497 e. The second-order valence-electron chi connectivity index (χ2n) is 7.70. The van der Waals surface area contributed by atoms with E-state index < -0.39 is 12.5 Å². The zero-order valence-corrected chi connectivity index (χ0v) is 19.8. The number of halogens is 2. The second kappa shape index (κ2) is 11.6. The van der Waals surface area contributed by atoms with E-state index in [1.54, 1.807) is 37.5 Å². The predicted molar refractivity (Wildman–Crippen MR) is 129 cm³/mol. The summed E-state index contributed by atoms with van der Waals surface area (Å²) < 4.78 is 34.5. The summed E-state index contributed by atoms with van der Waals surface area (Å²) in [7, 11) is 1.56. The van der Waals surface area contributed by atoms with E-state index in [4.69, 9.17) is 4.74 Å². The van der Waals surface area contributed by atoms with Crippen LogP contribution in [0.4, 0.5) is 14.5 Å². The van der Waals surface area contributed by atoms with E-state index in [0.29, 0.717) is 29.1 Å². The zero-order valence-electron chi connectivity index (χ0n) is 19.0. The van der Waals surface area contributed by atoms with Gasteiger partial charge in [0.1, 0.15) is 17.2 Å². The Kier molecular flexibility index (Phi) is 8.64. The maximum Gasteiger partial charge on any atom is 0.387 e. The first-order valence-corrected chi connectivity index (χ1v) is 11.5. The van der Waals surface area contributed by atoms with Crippen molar-refractivity contribution in [2.45, 2.75) is 20.5 Å². The SMILES string of the molecule is COc1ccc(C=C2N=C(SCC(=O)NCC(C)C)N(c3ccc(OC(F)F)cc3)C2=O)cc1. The molecule has 0 aliphatic carbocycles. The number of amides is 2. The van der Waals surface area contributed by atoms with Crippen LogP contribution < -0.4 is 19.7 Å². The minimum Gasteiger partial charge on any atom is -0.497 e. The minimum atomic E-state index is -2.95. The molecule has 0 saturated carbocycles. The molecule has 2 aromatic rings. The predicted octanol–water partition coefficient (Wildman–Crippen LogP) is 4.55. The van der Waals surface area contributed by atoms with Gasteiger partial charge in [-0.05, 0) is 54.0 Å². The molecule has 2 amide bonds. The van der Waals surface area contributed by atoms with Crippen LogP contribution >= 0.6 is 11.8 Å². The van der Waals surface area contributed by atoms with Gasteiger partial charge >= 0.3 is 6.61 Å². The molecule has 3 rings (SSSR count). The Bertz CT molecular complexity index is 1070. The Morgan fingerprint density at radius 1 is 1.12 bits per heavy atom. The molecule has 7 nitrogen and oxygen atoms in total. The molecule has 0 spiro atoms. The van der Waals surface area contributed by atoms with E-state index in [0.717, 1.165) is 17.3 Å². The number of nitrogens with zero attached hydrogens (tertiary/aromatic N) is 2. The first kappa shape index (κ1) is 25.2. The van der Waals surface area contributed by atoms with Gasteiger partial charge in [0, 0.05) is 6.54 Å². The Balaban J connectivity index is 1.85. The lowest BCUT2D eigenvalue weighted by molar-refractivity contribution is -0.118. The van der Waals surface area contributed by atoms with Crippen molar-refractivity contribution >= 4 is 40.5 Å². The van der Waals surface area contributed by atoms with Crippen molar-refractivity contribution in [2.75, 3.05) is 24.3 Å². The number of benzene rings is 2. The number of ether oxygens (including phenoxy) is 2. The Morgan fingerprint density at radius 3 is 2.35 bits per heavy atom. The van der Waals surface area contributed by atoms with Crippen LogP contribution in [-0.4, -0.2) is 43.0 Å². The molecule has 0 radical (unpaired) electrons. The van der Waals surface area contributed by atoms with Gasteiger partial charge in [-0.1, -0.05) is 37.7 Å². The third-order valence-electron chi connectivity index (χ3n) is 4.61. The number of hydrogen-bond acceptors (Lipinski definition) is 6. The molecule has 10 heteroatoms. The number of carbonyl (C=O) groups excluding carboxylic acids is 2. The van der Waals surface area contributed by atoms with Crippen molar-refractivity contribution in [1.82, 2.24) is 5.32 Å². The lowest BCUT2D eigenvalue weighted by atomic mass is 10.2. The number of aliphatic imine (C=N–C) groups is 1. The van der Waals surface area contributed by atoms with Gasteiger partial charge in [-0.3, -0.25) is 14.5 Å². The fourth-order valence-corrected chi connectivity index (χ4v) is 3.80. The van der Waals surface area contributed by atoms with Crippen molar-refractivity contribution in [3.8, 4) is 11.5 Å². The van der Waals surface area contributed by atoms with E-state index >= 15 is 0 Å². The molecule has 2 aromatic carbocycles. The molecule has 34 heavy (non-hydrogen) atoms. The van der Waals surface area contributed by atoms with Crippen molar-refractivity contribution < 1.29 is 27.8 Å². The van der Waals surface area contributed by atoms with Gasteiger partial charge in [0.15, 0.2) is 5.17 Å². The number of carbonyl (C=O) groups is 2. The second-order valence-corrected chi connectivity index (χ2v) is 8.64. The average Bonchev–Trinajstić information content (AvgIpc) is 3.11. The molecule has 0 bridgehead atoms. The minimum absolute atomic E-state index is 0.0291. The highest BCUT2D eigenvalue weighted by atomic mass is 32.2. The number of nitrogens with one attached hydrogen (secondary N) is 1. The maximum atomic E-state index is 13.2. The molecule has 0 saturated heterocycles. The first-order valence-electron chi connectivity index (χ1n) is 10.5. The quantitative estimate of drug-likeness (QED) is 0.523. The molecule has 0 aromatic heterocycles. The number of rotatable bonds is 9. The maximum absolute atomic E-state index is 13.2. The van der Waals surface area contributed by atoms with Crippen LogP contribution in [0.2, 0.25) is 0 Å². The van der Waals surface area contributed by atoms with Crippen LogP contribution in [0.5, 0.6) is 11.5 Å². The van der Waals surface area contributed by atoms with Crippen LogP contribution in [0.25, 0.3) is 6.08 Å². The summed E-state index contributed by atoms with van der Waals surface area (Å²) in [4.78, 5) is 31.2. The van der Waals surface area contributed by atoms with Gasteiger partial charge in [0.05, 0.1) is 18.6 Å². The van der Waals surface area contributed by atoms with Crippen LogP contribution in [0.3, 0.4) is 0 Å². The Hall–Kier alpha value is -3.40. The standard InChI is InChI=1S/C24H25F2N3O4S/c1-15(2)13-27-21(30)14-34-24-28-20(12-16-4-8-18(32-3)9-5-16)22(31)29(24)17-6-10-19(11-7-17)33-23(25)26/h4-12,15,23H,13-14H2,1-3H3,(H,27,30). The smallest absolute Gasteiger partial charge is 0.387 e. The van der Waals surface area contributed by atoms with Crippen LogP contribution in [0, 0.1) is 5.92 Å². The number of anilines is 1. The topological polar surface area (TPSA) is 80.2 Å². The highest BCUT2D eigenvalue weighted by molar-refractivity contribution is 8.14. The molecule has 0 unspecified atom stereocenters. The van der Waals surface area contributed by atoms with E-state index in [-0.39, 0.29) is 23.1 Å². The van der Waals surface area contributed by atoms with Crippen molar-refractivity contribution in [1.29, 1.82) is 0 Å². The van der Waals surface area contributed by atoms with Crippen LogP contribution in [0.15, 0.2) is 59.2 Å². The molecule has 1 heterocycles. The molecule has 1 aliphatic heterocycles. The van der Waals surface area contributed by atoms with E-state index in [1.165, 1.54) is 29.2 Å². The molecular formula is C24H25F2N3O4S. The molecule has 0 atom stereocenters. The summed E-state index contributed by atoms with van der Waals surface area (Å²) in [5.74, 6) is 0.449. The number of methoxy groups -OCH3 is 1. The summed E-state index contributed by atoms with van der Waals surface area (Å²) in [6.07, 6.45) is 1.63. The van der Waals surface area contributed by atoms with E-state index in [9.17, 15) is 18.4 Å². The highest BCUT2D eigenvalue weighted by Crippen LogP contribution is 2.31. The zero-order chi connectivity index (χ0) is 24.7. The molecule has 1 aliphatic rings. The van der Waals surface area contributed by atoms with Gasteiger partial charge in [-0.15, -0.1) is 0 Å². The fraction of sp³-hybridized carbons (Fsp3) is 0.292. The van der Waals surface area contributed by atoms with Crippen molar-refractivity contribution in [3.05, 3.63) is 59.8 Å². The van der Waals surface area contributed by atoms with Crippen LogP contribution in [-0.2, 0) is 9.59 Å². The third kappa shape index (κ3) is 6.80. The summed E-state index contributed by atoms with van der Waals surface area (Å²) in [6, 6.07) is 12.8. The van der Waals surface area contributed by atoms with Crippen molar-refractivity contribution in [2.24, 2.45) is 10.9 Å². The Morgan fingerprint density at radius 2 is 1.76 bits per heavy atom. The highest BCUT2D eigenvalue weighted by Gasteiger charge is 2.32. The van der Waals surface area contributed by atoms with Gasteiger partial charge in [-0.2, -0.15) is 8.78 Å². The van der Waals surface area contributed by atoms with Gasteiger partial charge in [0.2, 0.25) is 5.91 Å². The van der Waals surface area contributed by atoms with Gasteiger partial charge < -0.3 is 14.8 Å². The fourth-order valence-electron chi connectivity index (χ4n) is 2.95. The van der Waals surface area contributed by atoms with Gasteiger partial charge in [-0.25, -0.2) is 4.99 Å². The first-order chi connectivity index (χ1) is 16.3. The molecule has 1 N–H and O–H groups in total. The molecule has 180 valence electrons. The summed E-state index contributed by atoms with van der Waals surface area (Å²) >= 11 is 1.12. The third-order valence-corrected chi connectivity index (χ3v) is 5.55. The normalized spacial score (nSPS) is 14.7. The number of alkyl halides is 2. The van der Waals surface area contributed by atoms with Crippen molar-refractivity contribution in [3.63, 3.8) is 0 Å². The monoisotopic (exact) mass is 489 g/mol. The summed E-state index contributed by atoms with van der Waals surface area (Å²) in [5, 5.41) is 3.14.